The highest BCUT2D eigenvalue weighted by atomic mass is 79.9. The van der Waals surface area contributed by atoms with Gasteiger partial charge in [0.25, 0.3) is 5.91 Å². The van der Waals surface area contributed by atoms with Gasteiger partial charge in [0, 0.05) is 23.5 Å². The van der Waals surface area contributed by atoms with Gasteiger partial charge in [-0.15, -0.1) is 0 Å². The van der Waals surface area contributed by atoms with E-state index in [1.165, 1.54) is 4.90 Å². The van der Waals surface area contributed by atoms with Gasteiger partial charge in [-0.25, -0.2) is 4.99 Å². The molecule has 1 spiro atoms. The van der Waals surface area contributed by atoms with E-state index < -0.39 is 5.54 Å². The largest absolute Gasteiger partial charge is 0.485 e. The van der Waals surface area contributed by atoms with Gasteiger partial charge in [0.1, 0.15) is 11.9 Å². The third kappa shape index (κ3) is 2.88. The fraction of sp³-hybridized carbons (Fsp3) is 0.300. The maximum absolute atomic E-state index is 13.0. The molecule has 0 aromatic heterocycles. The lowest BCUT2D eigenvalue weighted by Crippen LogP contribution is -2.43. The van der Waals surface area contributed by atoms with Crippen LogP contribution in [0.4, 0.5) is 0 Å². The molecule has 0 aliphatic carbocycles. The lowest BCUT2D eigenvalue weighted by atomic mass is 9.80. The molecule has 2 atom stereocenters. The quantitative estimate of drug-likeness (QED) is 0.765. The lowest BCUT2D eigenvalue weighted by molar-refractivity contribution is -0.132. The van der Waals surface area contributed by atoms with E-state index >= 15 is 0 Å². The Labute approximate surface area is 162 Å². The monoisotopic (exact) mass is 415 g/mol. The Morgan fingerprint density at radius 2 is 1.92 bits per heavy atom. The van der Waals surface area contributed by atoms with Crippen LogP contribution in [0.3, 0.4) is 0 Å². The van der Waals surface area contributed by atoms with Crippen LogP contribution in [0.5, 0.6) is 5.75 Å². The molecule has 0 radical (unpaired) electrons. The number of fused-ring (bicyclic) bond motifs is 2. The Morgan fingerprint density at radius 1 is 1.23 bits per heavy atom. The maximum atomic E-state index is 13.0. The van der Waals surface area contributed by atoms with Gasteiger partial charge >= 0.3 is 0 Å². The summed E-state index contributed by atoms with van der Waals surface area (Å²) in [5.74, 6) is 0.779. The predicted octanol–water partition coefficient (Wildman–Crippen LogP) is 3.98. The average Bonchev–Trinajstić information content (AvgIpc) is 2.89. The first-order valence-corrected chi connectivity index (χ1v) is 9.46. The second kappa shape index (κ2) is 7.11. The third-order valence-corrected chi connectivity index (χ3v) is 5.11. The van der Waals surface area contributed by atoms with E-state index in [9.17, 15) is 4.79 Å². The number of halogens is 1. The number of amides is 1. The van der Waals surface area contributed by atoms with Gasteiger partial charge in [-0.1, -0.05) is 60.1 Å². The summed E-state index contributed by atoms with van der Waals surface area (Å²) in [6, 6.07) is 15.5. The first-order chi connectivity index (χ1) is 12.5. The summed E-state index contributed by atoms with van der Waals surface area (Å²) in [5, 5.41) is 0. The van der Waals surface area contributed by atoms with Crippen molar-refractivity contribution in [2.45, 2.75) is 31.9 Å². The Kier molecular flexibility index (Phi) is 5.05. The molecule has 2 N–H and O–H groups in total. The van der Waals surface area contributed by atoms with Crippen molar-refractivity contribution >= 4 is 27.8 Å². The summed E-state index contributed by atoms with van der Waals surface area (Å²) in [6.45, 7) is 4.00. The van der Waals surface area contributed by atoms with Crippen molar-refractivity contribution in [3.05, 3.63) is 64.1 Å². The Morgan fingerprint density at radius 3 is 2.54 bits per heavy atom. The summed E-state index contributed by atoms with van der Waals surface area (Å²) < 4.78 is 7.05. The minimum atomic E-state index is -1.03. The maximum Gasteiger partial charge on any atom is 0.261 e. The molecule has 136 valence electrons. The lowest BCUT2D eigenvalue weighted by Gasteiger charge is -2.36. The van der Waals surface area contributed by atoms with Gasteiger partial charge in [-0.2, -0.15) is 0 Å². The van der Waals surface area contributed by atoms with Crippen LogP contribution in [0.2, 0.25) is 0 Å². The molecule has 2 unspecified atom stereocenters. The minimum Gasteiger partial charge on any atom is -0.485 e. The zero-order chi connectivity index (χ0) is 18.9. The standard InChI is InChI=1S/C18H16BrN3O2.C2H6/c1-22-16(23)18(21-17(22)20)10-15(11-5-3-2-4-6-11)24-14-8-7-12(19)9-13(14)18;1-2/h2-9,15H,10H2,1H3,(H2,20,21);1-2H3. The van der Waals surface area contributed by atoms with Crippen LogP contribution in [-0.4, -0.2) is 23.8 Å². The normalized spacial score (nSPS) is 23.7. The van der Waals surface area contributed by atoms with E-state index in [0.29, 0.717) is 12.2 Å². The van der Waals surface area contributed by atoms with Crippen LogP contribution in [0.25, 0.3) is 0 Å². The highest BCUT2D eigenvalue weighted by Crippen LogP contribution is 2.50. The van der Waals surface area contributed by atoms with E-state index in [2.05, 4.69) is 20.9 Å². The molecule has 4 rings (SSSR count). The van der Waals surface area contributed by atoms with Crippen LogP contribution in [0.15, 0.2) is 58.0 Å². The summed E-state index contributed by atoms with van der Waals surface area (Å²) in [6.07, 6.45) is 0.163. The van der Waals surface area contributed by atoms with Crippen LogP contribution in [-0.2, 0) is 10.3 Å². The molecule has 2 aromatic carbocycles. The summed E-state index contributed by atoms with van der Waals surface area (Å²) in [5.41, 5.74) is 6.69. The molecule has 2 aliphatic rings. The number of aliphatic imine (C=N–C) groups is 1. The van der Waals surface area contributed by atoms with Crippen LogP contribution >= 0.6 is 15.9 Å². The minimum absolute atomic E-state index is 0.122. The molecule has 2 aromatic rings. The van der Waals surface area contributed by atoms with Gasteiger partial charge in [0.2, 0.25) is 0 Å². The van der Waals surface area contributed by atoms with Crippen molar-refractivity contribution in [3.63, 3.8) is 0 Å². The summed E-state index contributed by atoms with van der Waals surface area (Å²) in [4.78, 5) is 19.0. The van der Waals surface area contributed by atoms with Crippen molar-refractivity contribution in [3.8, 4) is 5.75 Å². The van der Waals surface area contributed by atoms with E-state index in [1.807, 2.05) is 62.4 Å². The van der Waals surface area contributed by atoms with Gasteiger partial charge < -0.3 is 10.5 Å². The zero-order valence-electron chi connectivity index (χ0n) is 15.1. The van der Waals surface area contributed by atoms with Crippen molar-refractivity contribution in [1.82, 2.24) is 4.90 Å². The van der Waals surface area contributed by atoms with Crippen LogP contribution in [0.1, 0.15) is 37.5 Å². The predicted molar refractivity (Wildman–Crippen MR) is 106 cm³/mol. The summed E-state index contributed by atoms with van der Waals surface area (Å²) >= 11 is 3.47. The molecule has 0 fully saturated rings. The van der Waals surface area contributed by atoms with Gasteiger partial charge in [0.15, 0.2) is 11.5 Å². The Hall–Kier alpha value is -2.34. The first-order valence-electron chi connectivity index (χ1n) is 8.66. The SMILES string of the molecule is CC.CN1C(=O)C2(CC(c3ccccc3)Oc3ccc(Br)cc32)N=C1N. The number of nitrogens with zero attached hydrogens (tertiary/aromatic N) is 2. The fourth-order valence-electron chi connectivity index (χ4n) is 3.36. The molecule has 2 heterocycles. The molecule has 5 nitrogen and oxygen atoms in total. The number of hydrogen-bond acceptors (Lipinski definition) is 4. The molecular weight excluding hydrogens is 394 g/mol. The van der Waals surface area contributed by atoms with Crippen LogP contribution < -0.4 is 10.5 Å². The van der Waals surface area contributed by atoms with Gasteiger partial charge in [-0.05, 0) is 23.8 Å². The number of carbonyl (C=O) groups excluding carboxylic acids is 1. The highest BCUT2D eigenvalue weighted by molar-refractivity contribution is 9.10. The zero-order valence-corrected chi connectivity index (χ0v) is 16.7. The number of ether oxygens (including phenoxy) is 1. The number of guanidine groups is 1. The van der Waals surface area contributed by atoms with E-state index in [0.717, 1.165) is 15.6 Å². The molecule has 26 heavy (non-hydrogen) atoms. The second-order valence-electron chi connectivity index (χ2n) is 6.06. The number of carbonyl (C=O) groups is 1. The van der Waals surface area contributed by atoms with E-state index in [1.54, 1.807) is 7.05 Å². The van der Waals surface area contributed by atoms with Gasteiger partial charge in [-0.3, -0.25) is 9.69 Å². The van der Waals surface area contributed by atoms with Gasteiger partial charge in [0.05, 0.1) is 0 Å². The number of hydrogen-bond donors (Lipinski definition) is 1. The van der Waals surface area contributed by atoms with Crippen molar-refractivity contribution in [1.29, 1.82) is 0 Å². The fourth-order valence-corrected chi connectivity index (χ4v) is 3.72. The number of rotatable bonds is 1. The van der Waals surface area contributed by atoms with E-state index in [4.69, 9.17) is 10.5 Å². The molecule has 0 saturated heterocycles. The van der Waals surface area contributed by atoms with Crippen molar-refractivity contribution in [2.24, 2.45) is 10.7 Å². The highest BCUT2D eigenvalue weighted by Gasteiger charge is 2.53. The van der Waals surface area contributed by atoms with E-state index in [-0.39, 0.29) is 18.0 Å². The van der Waals surface area contributed by atoms with Crippen molar-refractivity contribution < 1.29 is 9.53 Å². The molecule has 0 bridgehead atoms. The van der Waals surface area contributed by atoms with Crippen molar-refractivity contribution in [2.75, 3.05) is 7.05 Å². The third-order valence-electron chi connectivity index (χ3n) is 4.62. The molecule has 1 amide bonds. The molecule has 6 heteroatoms. The number of likely N-dealkylation sites (N-methyl/N-ethyl adjacent to an activating group) is 1. The Balaban J connectivity index is 0.000000948. The molecular formula is C20H22BrN3O2. The smallest absolute Gasteiger partial charge is 0.261 e. The summed E-state index contributed by atoms with van der Waals surface area (Å²) in [7, 11) is 1.65. The average molecular weight is 416 g/mol. The number of nitrogens with two attached hydrogens (primary N) is 1. The molecule has 2 aliphatic heterocycles. The Bertz CT molecular complexity index is 853. The molecule has 0 saturated carbocycles. The topological polar surface area (TPSA) is 67.9 Å². The second-order valence-corrected chi connectivity index (χ2v) is 6.97. The van der Waals surface area contributed by atoms with Crippen LogP contribution in [0, 0.1) is 0 Å². The first kappa shape index (κ1) is 18.5. The number of benzene rings is 2.